The van der Waals surface area contributed by atoms with Crippen molar-refractivity contribution in [3.63, 3.8) is 0 Å². The second kappa shape index (κ2) is 8.93. The molecule has 1 N–H and O–H groups in total. The van der Waals surface area contributed by atoms with Gasteiger partial charge in [0.25, 0.3) is 0 Å². The van der Waals surface area contributed by atoms with Crippen molar-refractivity contribution in [3.05, 3.63) is 12.2 Å². The number of carbonyl (C=O) groups is 1. The van der Waals surface area contributed by atoms with E-state index in [9.17, 15) is 4.79 Å². The minimum absolute atomic E-state index is 0.205. The Morgan fingerprint density at radius 1 is 1.62 bits per heavy atom. The lowest BCUT2D eigenvalue weighted by Crippen LogP contribution is -2.32. The highest BCUT2D eigenvalue weighted by molar-refractivity contribution is 5.80. The normalized spacial score (nSPS) is 11.6. The fraction of sp³-hybridized carbons (Fsp3) is 0.667. The lowest BCUT2D eigenvalue weighted by atomic mass is 10.1. The van der Waals surface area contributed by atoms with Crippen LogP contribution in [0, 0.1) is 17.2 Å². The molecular weight excluding hydrogens is 204 g/mol. The third-order valence-electron chi connectivity index (χ3n) is 1.94. The first-order chi connectivity index (χ1) is 7.61. The number of ether oxygens (including phenoxy) is 1. The molecule has 0 aromatic heterocycles. The molecule has 0 heterocycles. The zero-order chi connectivity index (χ0) is 12.4. The molecule has 0 aliphatic carbocycles. The van der Waals surface area contributed by atoms with Crippen LogP contribution >= 0.6 is 0 Å². The quantitative estimate of drug-likeness (QED) is 0.503. The van der Waals surface area contributed by atoms with Gasteiger partial charge < -0.3 is 10.1 Å². The van der Waals surface area contributed by atoms with Crippen molar-refractivity contribution in [1.82, 2.24) is 5.32 Å². The molecule has 4 nitrogen and oxygen atoms in total. The summed E-state index contributed by atoms with van der Waals surface area (Å²) in [6.07, 6.45) is 1.44. The minimum atomic E-state index is -0.536. The van der Waals surface area contributed by atoms with Gasteiger partial charge in [-0.25, -0.2) is 0 Å². The SMILES string of the molecule is C=C(C)COCCNC(=O)C(C#N)CCC. The van der Waals surface area contributed by atoms with Crippen LogP contribution in [0.2, 0.25) is 0 Å². The molecule has 16 heavy (non-hydrogen) atoms. The summed E-state index contributed by atoms with van der Waals surface area (Å²) in [6.45, 7) is 8.92. The Bertz CT molecular complexity index is 269. The van der Waals surface area contributed by atoms with Crippen LogP contribution in [0.4, 0.5) is 0 Å². The minimum Gasteiger partial charge on any atom is -0.375 e. The van der Waals surface area contributed by atoms with Gasteiger partial charge in [0.1, 0.15) is 5.92 Å². The smallest absolute Gasteiger partial charge is 0.237 e. The molecule has 0 radical (unpaired) electrons. The maximum absolute atomic E-state index is 11.5. The van der Waals surface area contributed by atoms with Gasteiger partial charge in [0.15, 0.2) is 0 Å². The summed E-state index contributed by atoms with van der Waals surface area (Å²) in [5.74, 6) is -0.741. The van der Waals surface area contributed by atoms with Crippen LogP contribution in [-0.4, -0.2) is 25.7 Å². The summed E-state index contributed by atoms with van der Waals surface area (Å²) in [5, 5.41) is 11.4. The van der Waals surface area contributed by atoms with Crippen molar-refractivity contribution in [2.24, 2.45) is 5.92 Å². The number of carbonyl (C=O) groups excluding carboxylic acids is 1. The number of hydrogen-bond acceptors (Lipinski definition) is 3. The third-order valence-corrected chi connectivity index (χ3v) is 1.94. The van der Waals surface area contributed by atoms with Crippen LogP contribution in [0.25, 0.3) is 0 Å². The van der Waals surface area contributed by atoms with Gasteiger partial charge in [-0.05, 0) is 13.3 Å². The highest BCUT2D eigenvalue weighted by Crippen LogP contribution is 2.04. The van der Waals surface area contributed by atoms with Crippen LogP contribution in [0.15, 0.2) is 12.2 Å². The van der Waals surface area contributed by atoms with E-state index in [2.05, 4.69) is 11.9 Å². The first-order valence-corrected chi connectivity index (χ1v) is 5.51. The van der Waals surface area contributed by atoms with E-state index in [1.165, 1.54) is 0 Å². The van der Waals surface area contributed by atoms with Gasteiger partial charge in [-0.3, -0.25) is 4.79 Å². The van der Waals surface area contributed by atoms with Crippen molar-refractivity contribution in [1.29, 1.82) is 5.26 Å². The maximum atomic E-state index is 11.5. The second-order valence-electron chi connectivity index (χ2n) is 3.77. The van der Waals surface area contributed by atoms with Crippen LogP contribution < -0.4 is 5.32 Å². The molecule has 0 aromatic rings. The Morgan fingerprint density at radius 3 is 2.81 bits per heavy atom. The second-order valence-corrected chi connectivity index (χ2v) is 3.77. The van der Waals surface area contributed by atoms with E-state index in [0.717, 1.165) is 12.0 Å². The number of nitrogens with zero attached hydrogens (tertiary/aromatic N) is 1. The predicted molar refractivity (Wildman–Crippen MR) is 62.7 cm³/mol. The highest BCUT2D eigenvalue weighted by atomic mass is 16.5. The van der Waals surface area contributed by atoms with Gasteiger partial charge in [0.2, 0.25) is 5.91 Å². The predicted octanol–water partition coefficient (Wildman–Crippen LogP) is 1.64. The summed E-state index contributed by atoms with van der Waals surface area (Å²) in [6, 6.07) is 1.99. The van der Waals surface area contributed by atoms with E-state index >= 15 is 0 Å². The van der Waals surface area contributed by atoms with Crippen molar-refractivity contribution in [3.8, 4) is 6.07 Å². The topological polar surface area (TPSA) is 62.1 Å². The molecule has 4 heteroatoms. The summed E-state index contributed by atoms with van der Waals surface area (Å²) in [5.41, 5.74) is 0.951. The first kappa shape index (κ1) is 14.7. The Labute approximate surface area is 97.3 Å². The van der Waals surface area contributed by atoms with Gasteiger partial charge in [-0.15, -0.1) is 0 Å². The average Bonchev–Trinajstić information content (AvgIpc) is 2.24. The van der Waals surface area contributed by atoms with Gasteiger partial charge in [-0.1, -0.05) is 25.5 Å². The average molecular weight is 224 g/mol. The zero-order valence-corrected chi connectivity index (χ0v) is 10.1. The van der Waals surface area contributed by atoms with Gasteiger partial charge >= 0.3 is 0 Å². The number of nitrogens with one attached hydrogen (secondary N) is 1. The van der Waals surface area contributed by atoms with Crippen molar-refractivity contribution in [2.45, 2.75) is 26.7 Å². The standard InChI is InChI=1S/C12H20N2O2/c1-4-5-11(8-13)12(15)14-6-7-16-9-10(2)3/h11H,2,4-7,9H2,1,3H3,(H,14,15). The van der Waals surface area contributed by atoms with E-state index in [1.807, 2.05) is 19.9 Å². The summed E-state index contributed by atoms with van der Waals surface area (Å²) in [4.78, 5) is 11.5. The molecule has 0 saturated heterocycles. The molecule has 90 valence electrons. The van der Waals surface area contributed by atoms with E-state index in [4.69, 9.17) is 10.00 Å². The molecule has 0 saturated carbocycles. The number of rotatable bonds is 8. The van der Waals surface area contributed by atoms with E-state index < -0.39 is 5.92 Å². The fourth-order valence-electron chi connectivity index (χ4n) is 1.16. The molecule has 0 aliphatic rings. The highest BCUT2D eigenvalue weighted by Gasteiger charge is 2.15. The van der Waals surface area contributed by atoms with Crippen LogP contribution in [-0.2, 0) is 9.53 Å². The van der Waals surface area contributed by atoms with E-state index in [0.29, 0.717) is 26.2 Å². The third kappa shape index (κ3) is 7.02. The molecular formula is C12H20N2O2. The molecule has 1 amide bonds. The first-order valence-electron chi connectivity index (χ1n) is 5.51. The summed E-state index contributed by atoms with van der Waals surface area (Å²) < 4.78 is 5.22. The molecule has 0 fully saturated rings. The number of hydrogen-bond donors (Lipinski definition) is 1. The molecule has 0 aromatic carbocycles. The Morgan fingerprint density at radius 2 is 2.31 bits per heavy atom. The van der Waals surface area contributed by atoms with E-state index in [1.54, 1.807) is 0 Å². The van der Waals surface area contributed by atoms with E-state index in [-0.39, 0.29) is 5.91 Å². The molecule has 1 atom stereocenters. The Kier molecular flexibility index (Phi) is 8.18. The van der Waals surface area contributed by atoms with Crippen LogP contribution in [0.5, 0.6) is 0 Å². The molecule has 0 spiro atoms. The number of amides is 1. The lowest BCUT2D eigenvalue weighted by molar-refractivity contribution is -0.123. The molecule has 0 bridgehead atoms. The van der Waals surface area contributed by atoms with Crippen molar-refractivity contribution < 1.29 is 9.53 Å². The van der Waals surface area contributed by atoms with Crippen molar-refractivity contribution in [2.75, 3.05) is 19.8 Å². The molecule has 0 aliphatic heterocycles. The molecule has 1 unspecified atom stereocenters. The largest absolute Gasteiger partial charge is 0.375 e. The zero-order valence-electron chi connectivity index (χ0n) is 10.1. The van der Waals surface area contributed by atoms with Crippen LogP contribution in [0.3, 0.4) is 0 Å². The van der Waals surface area contributed by atoms with Gasteiger partial charge in [-0.2, -0.15) is 5.26 Å². The monoisotopic (exact) mass is 224 g/mol. The lowest BCUT2D eigenvalue weighted by Gasteiger charge is -2.09. The Balaban J connectivity index is 3.64. The van der Waals surface area contributed by atoms with Gasteiger partial charge in [0.05, 0.1) is 19.3 Å². The summed E-state index contributed by atoms with van der Waals surface area (Å²) >= 11 is 0. The number of nitriles is 1. The Hall–Kier alpha value is -1.34. The maximum Gasteiger partial charge on any atom is 0.237 e. The van der Waals surface area contributed by atoms with Crippen LogP contribution in [0.1, 0.15) is 26.7 Å². The fourth-order valence-corrected chi connectivity index (χ4v) is 1.16. The summed E-state index contributed by atoms with van der Waals surface area (Å²) in [7, 11) is 0. The van der Waals surface area contributed by atoms with Gasteiger partial charge in [0, 0.05) is 6.54 Å². The molecule has 0 rings (SSSR count). The van der Waals surface area contributed by atoms with Crippen molar-refractivity contribution >= 4 is 5.91 Å².